The van der Waals surface area contributed by atoms with Crippen molar-refractivity contribution in [1.29, 1.82) is 0 Å². The van der Waals surface area contributed by atoms with Crippen LogP contribution in [0.25, 0.3) is 0 Å². The Morgan fingerprint density at radius 1 is 1.18 bits per heavy atom. The van der Waals surface area contributed by atoms with Gasteiger partial charge in [0.2, 0.25) is 0 Å². The Balaban J connectivity index is 1.89. The van der Waals surface area contributed by atoms with E-state index in [9.17, 15) is 5.11 Å². The molecule has 0 saturated carbocycles. The predicted octanol–water partition coefficient (Wildman–Crippen LogP) is 2.69. The standard InChI is InChI=1S/C18H24N2O2/c1-3-22-18-7-5-4-6-16(18)17(21)14-20(2)13-10-15-8-11-19-12-9-15/h4-9,11-12,17,21H,3,10,13-14H2,1-2H3. The largest absolute Gasteiger partial charge is 0.493 e. The highest BCUT2D eigenvalue weighted by molar-refractivity contribution is 5.35. The van der Waals surface area contributed by atoms with Crippen molar-refractivity contribution >= 4 is 0 Å². The first-order valence-corrected chi connectivity index (χ1v) is 7.68. The van der Waals surface area contributed by atoms with Crippen LogP contribution in [0.1, 0.15) is 24.2 Å². The molecule has 4 heteroatoms. The fourth-order valence-corrected chi connectivity index (χ4v) is 2.40. The molecule has 1 heterocycles. The van der Waals surface area contributed by atoms with Crippen LogP contribution in [-0.2, 0) is 6.42 Å². The molecular formula is C18H24N2O2. The number of pyridine rings is 1. The molecule has 1 unspecified atom stereocenters. The summed E-state index contributed by atoms with van der Waals surface area (Å²) in [4.78, 5) is 6.15. The van der Waals surface area contributed by atoms with E-state index in [0.29, 0.717) is 13.2 Å². The molecule has 0 fully saturated rings. The highest BCUT2D eigenvalue weighted by Crippen LogP contribution is 2.25. The number of hydrogen-bond donors (Lipinski definition) is 1. The average molecular weight is 300 g/mol. The van der Waals surface area contributed by atoms with Crippen molar-refractivity contribution in [3.05, 3.63) is 59.9 Å². The van der Waals surface area contributed by atoms with Gasteiger partial charge in [0.05, 0.1) is 12.7 Å². The maximum Gasteiger partial charge on any atom is 0.125 e. The van der Waals surface area contributed by atoms with Gasteiger partial charge in [0.15, 0.2) is 0 Å². The normalized spacial score (nSPS) is 12.4. The van der Waals surface area contributed by atoms with Gasteiger partial charge in [0, 0.05) is 31.0 Å². The Kier molecular flexibility index (Phi) is 6.37. The molecule has 0 bridgehead atoms. The molecule has 1 atom stereocenters. The van der Waals surface area contributed by atoms with Gasteiger partial charge in [-0.1, -0.05) is 18.2 Å². The third-order valence-corrected chi connectivity index (χ3v) is 3.59. The molecule has 2 rings (SSSR count). The van der Waals surface area contributed by atoms with Gasteiger partial charge in [-0.25, -0.2) is 0 Å². The maximum atomic E-state index is 10.5. The first-order valence-electron chi connectivity index (χ1n) is 7.68. The lowest BCUT2D eigenvalue weighted by Crippen LogP contribution is -2.27. The summed E-state index contributed by atoms with van der Waals surface area (Å²) < 4.78 is 5.58. The number of hydrogen-bond acceptors (Lipinski definition) is 4. The van der Waals surface area contributed by atoms with Crippen LogP contribution < -0.4 is 4.74 Å². The minimum absolute atomic E-state index is 0.551. The molecule has 0 spiro atoms. The van der Waals surface area contributed by atoms with Crippen molar-refractivity contribution in [2.75, 3.05) is 26.7 Å². The third-order valence-electron chi connectivity index (χ3n) is 3.59. The molecule has 1 aromatic carbocycles. The monoisotopic (exact) mass is 300 g/mol. The molecule has 118 valence electrons. The Labute approximate surface area is 132 Å². The number of likely N-dealkylation sites (N-methyl/N-ethyl adjacent to an activating group) is 1. The van der Waals surface area contributed by atoms with Gasteiger partial charge in [-0.05, 0) is 44.2 Å². The summed E-state index contributed by atoms with van der Waals surface area (Å²) in [7, 11) is 2.02. The highest BCUT2D eigenvalue weighted by atomic mass is 16.5. The molecular weight excluding hydrogens is 276 g/mol. The van der Waals surface area contributed by atoms with Crippen molar-refractivity contribution in [2.45, 2.75) is 19.4 Å². The summed E-state index contributed by atoms with van der Waals surface area (Å²) in [6.45, 7) is 4.01. The van der Waals surface area contributed by atoms with Crippen LogP contribution in [0.2, 0.25) is 0 Å². The number of aromatic nitrogens is 1. The van der Waals surface area contributed by atoms with Crippen molar-refractivity contribution in [1.82, 2.24) is 9.88 Å². The lowest BCUT2D eigenvalue weighted by atomic mass is 10.1. The second kappa shape index (κ2) is 8.51. The van der Waals surface area contributed by atoms with Crippen LogP contribution in [0.5, 0.6) is 5.75 Å². The zero-order valence-corrected chi connectivity index (χ0v) is 13.3. The van der Waals surface area contributed by atoms with E-state index in [4.69, 9.17) is 4.74 Å². The second-order valence-electron chi connectivity index (χ2n) is 5.35. The molecule has 0 aliphatic carbocycles. The maximum absolute atomic E-state index is 10.5. The first-order chi connectivity index (χ1) is 10.7. The Hall–Kier alpha value is -1.91. The Morgan fingerprint density at radius 2 is 1.91 bits per heavy atom. The van der Waals surface area contributed by atoms with E-state index in [1.807, 2.05) is 62.8 Å². The van der Waals surface area contributed by atoms with E-state index >= 15 is 0 Å². The third kappa shape index (κ3) is 4.83. The van der Waals surface area contributed by atoms with Crippen molar-refractivity contribution in [3.8, 4) is 5.75 Å². The number of nitrogens with zero attached hydrogens (tertiary/aromatic N) is 2. The lowest BCUT2D eigenvalue weighted by molar-refractivity contribution is 0.124. The van der Waals surface area contributed by atoms with E-state index < -0.39 is 6.10 Å². The van der Waals surface area contributed by atoms with Crippen molar-refractivity contribution in [3.63, 3.8) is 0 Å². The van der Waals surface area contributed by atoms with E-state index in [1.54, 1.807) is 0 Å². The van der Waals surface area contributed by atoms with Crippen LogP contribution in [0.4, 0.5) is 0 Å². The number of rotatable bonds is 8. The van der Waals surface area contributed by atoms with E-state index in [-0.39, 0.29) is 0 Å². The molecule has 2 aromatic rings. The topological polar surface area (TPSA) is 45.6 Å². The van der Waals surface area contributed by atoms with Crippen molar-refractivity contribution in [2.24, 2.45) is 0 Å². The zero-order chi connectivity index (χ0) is 15.8. The number of para-hydroxylation sites is 1. The molecule has 1 N–H and O–H groups in total. The summed E-state index contributed by atoms with van der Waals surface area (Å²) >= 11 is 0. The Morgan fingerprint density at radius 3 is 2.64 bits per heavy atom. The highest BCUT2D eigenvalue weighted by Gasteiger charge is 2.15. The fourth-order valence-electron chi connectivity index (χ4n) is 2.40. The van der Waals surface area contributed by atoms with Gasteiger partial charge < -0.3 is 14.7 Å². The Bertz CT molecular complexity index is 560. The van der Waals surface area contributed by atoms with Crippen LogP contribution >= 0.6 is 0 Å². The molecule has 22 heavy (non-hydrogen) atoms. The minimum Gasteiger partial charge on any atom is -0.493 e. The SMILES string of the molecule is CCOc1ccccc1C(O)CN(C)CCc1ccncc1. The summed E-state index contributed by atoms with van der Waals surface area (Å²) in [6.07, 6.45) is 4.01. The molecule has 4 nitrogen and oxygen atoms in total. The van der Waals surface area contributed by atoms with E-state index in [1.165, 1.54) is 5.56 Å². The number of benzene rings is 1. The van der Waals surface area contributed by atoms with Gasteiger partial charge in [-0.3, -0.25) is 4.98 Å². The molecule has 0 amide bonds. The fraction of sp³-hybridized carbons (Fsp3) is 0.389. The lowest BCUT2D eigenvalue weighted by Gasteiger charge is -2.22. The predicted molar refractivity (Wildman–Crippen MR) is 88.0 cm³/mol. The smallest absolute Gasteiger partial charge is 0.125 e. The van der Waals surface area contributed by atoms with Gasteiger partial charge in [0.25, 0.3) is 0 Å². The van der Waals surface area contributed by atoms with Gasteiger partial charge in [-0.2, -0.15) is 0 Å². The van der Waals surface area contributed by atoms with Crippen LogP contribution in [-0.4, -0.2) is 41.7 Å². The van der Waals surface area contributed by atoms with Gasteiger partial charge >= 0.3 is 0 Å². The summed E-state index contributed by atoms with van der Waals surface area (Å²) in [5.74, 6) is 0.764. The van der Waals surface area contributed by atoms with Gasteiger partial charge in [0.1, 0.15) is 5.75 Å². The molecule has 1 aromatic heterocycles. The zero-order valence-electron chi connectivity index (χ0n) is 13.3. The average Bonchev–Trinajstić information content (AvgIpc) is 2.55. The van der Waals surface area contributed by atoms with Crippen LogP contribution in [0.15, 0.2) is 48.8 Å². The summed E-state index contributed by atoms with van der Waals surface area (Å²) in [5, 5.41) is 10.5. The van der Waals surface area contributed by atoms with Crippen LogP contribution in [0.3, 0.4) is 0 Å². The quantitative estimate of drug-likeness (QED) is 0.814. The number of ether oxygens (including phenoxy) is 1. The van der Waals surface area contributed by atoms with Crippen LogP contribution in [0, 0.1) is 0 Å². The molecule has 0 radical (unpaired) electrons. The summed E-state index contributed by atoms with van der Waals surface area (Å²) in [6, 6.07) is 11.7. The molecule has 0 aliphatic rings. The summed E-state index contributed by atoms with van der Waals surface area (Å²) in [5.41, 5.74) is 2.10. The van der Waals surface area contributed by atoms with Crippen molar-refractivity contribution < 1.29 is 9.84 Å². The van der Waals surface area contributed by atoms with Gasteiger partial charge in [-0.15, -0.1) is 0 Å². The first kappa shape index (κ1) is 16.5. The molecule has 0 aliphatic heterocycles. The molecule has 0 saturated heterocycles. The number of aliphatic hydroxyl groups excluding tert-OH is 1. The van der Waals surface area contributed by atoms with E-state index in [2.05, 4.69) is 9.88 Å². The second-order valence-corrected chi connectivity index (χ2v) is 5.35. The number of aliphatic hydroxyl groups is 1. The minimum atomic E-state index is -0.551. The van der Waals surface area contributed by atoms with E-state index in [0.717, 1.165) is 24.3 Å².